The van der Waals surface area contributed by atoms with Crippen molar-refractivity contribution < 1.29 is 18.0 Å². The molecule has 34 heavy (non-hydrogen) atoms. The number of benzene rings is 2. The van der Waals surface area contributed by atoms with Crippen molar-refractivity contribution in [2.24, 2.45) is 0 Å². The Hall–Kier alpha value is -2.97. The Labute approximate surface area is 201 Å². The summed E-state index contributed by atoms with van der Waals surface area (Å²) in [5.74, 6) is -0.980. The van der Waals surface area contributed by atoms with E-state index in [0.717, 1.165) is 18.5 Å². The molecular weight excluding hydrogens is 450 g/mol. The third-order valence-electron chi connectivity index (χ3n) is 6.31. The molecule has 0 spiro atoms. The predicted molar refractivity (Wildman–Crippen MR) is 133 cm³/mol. The van der Waals surface area contributed by atoms with Crippen LogP contribution in [0.4, 0.5) is 5.69 Å². The van der Waals surface area contributed by atoms with Gasteiger partial charge in [0.25, 0.3) is 0 Å². The lowest BCUT2D eigenvalue weighted by Crippen LogP contribution is -2.50. The van der Waals surface area contributed by atoms with E-state index in [1.54, 1.807) is 29.2 Å². The number of rotatable bonds is 8. The Morgan fingerprint density at radius 3 is 1.85 bits per heavy atom. The monoisotopic (exact) mass is 481 g/mol. The van der Waals surface area contributed by atoms with Crippen LogP contribution in [-0.4, -0.2) is 68.5 Å². The van der Waals surface area contributed by atoms with Gasteiger partial charge in [-0.05, 0) is 25.0 Å². The zero-order chi connectivity index (χ0) is 24.3. The molecule has 0 radical (unpaired) electrons. The minimum Gasteiger partial charge on any atom is -0.369 e. The number of sulfonamides is 1. The standard InChI is InChI=1S/C26H31N3O4S/c1-3-14-28(15-4-2)23-24(30)21-12-8-9-13-22(21)25(31)26(23)34(32,33)29-18-16-27(17-19-29)20-10-6-5-7-11-20/h5-13H,3-4,14-19H2,1-2H3. The summed E-state index contributed by atoms with van der Waals surface area (Å²) >= 11 is 0. The quantitative estimate of drug-likeness (QED) is 0.574. The van der Waals surface area contributed by atoms with Crippen molar-refractivity contribution in [3.05, 3.63) is 76.3 Å². The molecule has 0 aromatic heterocycles. The highest BCUT2D eigenvalue weighted by Gasteiger charge is 2.44. The van der Waals surface area contributed by atoms with Gasteiger partial charge in [0.05, 0.1) is 0 Å². The lowest BCUT2D eigenvalue weighted by atomic mass is 9.91. The summed E-state index contributed by atoms with van der Waals surface area (Å²) in [7, 11) is -4.17. The number of hydrogen-bond donors (Lipinski definition) is 0. The molecule has 0 unspecified atom stereocenters. The maximum atomic E-state index is 13.9. The van der Waals surface area contributed by atoms with Crippen LogP contribution in [0, 0.1) is 0 Å². The van der Waals surface area contributed by atoms with Gasteiger partial charge in [-0.3, -0.25) is 9.59 Å². The number of Topliss-reactive ketones (excluding diaryl/α,β-unsaturated/α-hetero) is 2. The van der Waals surface area contributed by atoms with E-state index in [9.17, 15) is 18.0 Å². The van der Waals surface area contributed by atoms with E-state index >= 15 is 0 Å². The number of nitrogens with zero attached hydrogens (tertiary/aromatic N) is 3. The SMILES string of the molecule is CCCN(CCC)C1=C(S(=O)(=O)N2CCN(c3ccccc3)CC2)C(=O)c2ccccc2C1=O. The van der Waals surface area contributed by atoms with Crippen LogP contribution in [0.25, 0.3) is 0 Å². The Balaban J connectivity index is 1.74. The van der Waals surface area contributed by atoms with Crippen LogP contribution in [0.3, 0.4) is 0 Å². The molecule has 4 rings (SSSR count). The van der Waals surface area contributed by atoms with Crippen LogP contribution in [0.15, 0.2) is 65.2 Å². The smallest absolute Gasteiger partial charge is 0.249 e. The zero-order valence-corrected chi connectivity index (χ0v) is 20.6. The third kappa shape index (κ3) is 4.40. The summed E-state index contributed by atoms with van der Waals surface area (Å²) in [5, 5.41) is 0. The fourth-order valence-electron chi connectivity index (χ4n) is 4.70. The molecule has 180 valence electrons. The molecule has 8 heteroatoms. The van der Waals surface area contributed by atoms with Crippen LogP contribution in [-0.2, 0) is 10.0 Å². The van der Waals surface area contributed by atoms with Crippen molar-refractivity contribution in [1.29, 1.82) is 0 Å². The first-order valence-corrected chi connectivity index (χ1v) is 13.3. The number of fused-ring (bicyclic) bond motifs is 1. The van der Waals surface area contributed by atoms with Gasteiger partial charge in [-0.1, -0.05) is 56.3 Å². The molecule has 1 aliphatic heterocycles. The maximum absolute atomic E-state index is 13.9. The van der Waals surface area contributed by atoms with E-state index in [1.807, 2.05) is 44.2 Å². The molecule has 0 atom stereocenters. The maximum Gasteiger partial charge on any atom is 0.249 e. The number of para-hydroxylation sites is 1. The van der Waals surface area contributed by atoms with Gasteiger partial charge in [-0.15, -0.1) is 0 Å². The molecule has 0 N–H and O–H groups in total. The fraction of sp³-hybridized carbons (Fsp3) is 0.385. The van der Waals surface area contributed by atoms with Crippen molar-refractivity contribution in [2.75, 3.05) is 44.2 Å². The van der Waals surface area contributed by atoms with Crippen molar-refractivity contribution in [2.45, 2.75) is 26.7 Å². The summed E-state index contributed by atoms with van der Waals surface area (Å²) in [6.07, 6.45) is 1.46. The molecule has 1 saturated heterocycles. The molecule has 2 aliphatic rings. The molecule has 0 saturated carbocycles. The highest BCUT2D eigenvalue weighted by Crippen LogP contribution is 2.33. The first kappa shape index (κ1) is 24.2. The van der Waals surface area contributed by atoms with Crippen LogP contribution in [0.2, 0.25) is 0 Å². The summed E-state index contributed by atoms with van der Waals surface area (Å²) in [4.78, 5) is 30.7. The second-order valence-electron chi connectivity index (χ2n) is 8.60. The summed E-state index contributed by atoms with van der Waals surface area (Å²) in [6.45, 7) is 6.48. The van der Waals surface area contributed by atoms with E-state index < -0.39 is 21.6 Å². The Morgan fingerprint density at radius 1 is 0.765 bits per heavy atom. The van der Waals surface area contributed by atoms with Crippen LogP contribution in [0.5, 0.6) is 0 Å². The molecule has 1 aliphatic carbocycles. The van der Waals surface area contributed by atoms with E-state index in [1.165, 1.54) is 4.31 Å². The van der Waals surface area contributed by atoms with Gasteiger partial charge in [0, 0.05) is 56.1 Å². The number of ketones is 2. The van der Waals surface area contributed by atoms with Gasteiger partial charge in [0.2, 0.25) is 21.6 Å². The van der Waals surface area contributed by atoms with E-state index in [2.05, 4.69) is 4.90 Å². The molecule has 1 heterocycles. The van der Waals surface area contributed by atoms with Gasteiger partial charge in [-0.2, -0.15) is 4.31 Å². The topological polar surface area (TPSA) is 78.0 Å². The van der Waals surface area contributed by atoms with E-state index in [-0.39, 0.29) is 34.8 Å². The van der Waals surface area contributed by atoms with Gasteiger partial charge < -0.3 is 9.80 Å². The lowest BCUT2D eigenvalue weighted by Gasteiger charge is -2.37. The fourth-order valence-corrected chi connectivity index (χ4v) is 6.41. The van der Waals surface area contributed by atoms with E-state index in [4.69, 9.17) is 0 Å². The molecule has 1 fully saturated rings. The largest absolute Gasteiger partial charge is 0.369 e. The third-order valence-corrected chi connectivity index (χ3v) is 8.25. The number of anilines is 1. The predicted octanol–water partition coefficient (Wildman–Crippen LogP) is 3.55. The molecule has 7 nitrogen and oxygen atoms in total. The summed E-state index contributed by atoms with van der Waals surface area (Å²) < 4.78 is 29.2. The van der Waals surface area contributed by atoms with Gasteiger partial charge >= 0.3 is 0 Å². The first-order valence-electron chi connectivity index (χ1n) is 11.9. The lowest BCUT2D eigenvalue weighted by molar-refractivity contribution is 0.0945. The average Bonchev–Trinajstić information content (AvgIpc) is 2.86. The number of allylic oxidation sites excluding steroid dienone is 2. The normalized spacial score (nSPS) is 17.2. The Bertz CT molecular complexity index is 1190. The van der Waals surface area contributed by atoms with E-state index in [0.29, 0.717) is 26.2 Å². The number of piperazine rings is 1. The van der Waals surface area contributed by atoms with Crippen LogP contribution < -0.4 is 4.90 Å². The van der Waals surface area contributed by atoms with Crippen LogP contribution in [0.1, 0.15) is 47.4 Å². The zero-order valence-electron chi connectivity index (χ0n) is 19.7. The highest BCUT2D eigenvalue weighted by atomic mass is 32.2. The van der Waals surface area contributed by atoms with Gasteiger partial charge in [0.15, 0.2) is 4.91 Å². The number of hydrogen-bond acceptors (Lipinski definition) is 6. The number of carbonyl (C=O) groups excluding carboxylic acids is 2. The van der Waals surface area contributed by atoms with Crippen molar-refractivity contribution in [3.8, 4) is 0 Å². The minimum absolute atomic E-state index is 0.0258. The summed E-state index contributed by atoms with van der Waals surface area (Å²) in [5.41, 5.74) is 1.49. The van der Waals surface area contributed by atoms with Crippen molar-refractivity contribution in [3.63, 3.8) is 0 Å². The number of carbonyl (C=O) groups is 2. The Kier molecular flexibility index (Phi) is 7.19. The second-order valence-corrected chi connectivity index (χ2v) is 10.5. The second kappa shape index (κ2) is 10.1. The minimum atomic E-state index is -4.17. The molecule has 2 aromatic rings. The van der Waals surface area contributed by atoms with Crippen LogP contribution >= 0.6 is 0 Å². The summed E-state index contributed by atoms with van der Waals surface area (Å²) in [6, 6.07) is 16.4. The average molecular weight is 482 g/mol. The van der Waals surface area contributed by atoms with Crippen molar-refractivity contribution >= 4 is 27.3 Å². The van der Waals surface area contributed by atoms with Crippen molar-refractivity contribution in [1.82, 2.24) is 9.21 Å². The molecular formula is C26H31N3O4S. The molecule has 2 aromatic carbocycles. The highest BCUT2D eigenvalue weighted by molar-refractivity contribution is 7.94. The first-order chi connectivity index (χ1) is 16.4. The van der Waals surface area contributed by atoms with Gasteiger partial charge in [-0.25, -0.2) is 8.42 Å². The Morgan fingerprint density at radius 2 is 1.29 bits per heavy atom. The van der Waals surface area contributed by atoms with Gasteiger partial charge in [0.1, 0.15) is 5.70 Å². The molecule has 0 amide bonds. The molecule has 0 bridgehead atoms.